The Morgan fingerprint density at radius 2 is 1.82 bits per heavy atom. The van der Waals surface area contributed by atoms with E-state index in [4.69, 9.17) is 5.26 Å². The predicted octanol–water partition coefficient (Wildman–Crippen LogP) is 3.74. The number of benzene rings is 1. The van der Waals surface area contributed by atoms with Crippen molar-refractivity contribution in [3.8, 4) is 6.07 Å². The summed E-state index contributed by atoms with van der Waals surface area (Å²) < 4.78 is 0. The fourth-order valence-electron chi connectivity index (χ4n) is 1.37. The van der Waals surface area contributed by atoms with Gasteiger partial charge in [-0.05, 0) is 17.7 Å². The first-order valence-electron chi connectivity index (χ1n) is 5.13. The molecule has 0 unspecified atom stereocenters. The Bertz CT molecular complexity index is 541. The van der Waals surface area contributed by atoms with E-state index in [2.05, 4.69) is 11.1 Å². The number of thioether (sulfide) groups is 1. The van der Waals surface area contributed by atoms with Crippen LogP contribution in [0.25, 0.3) is 4.91 Å². The van der Waals surface area contributed by atoms with Crippen molar-refractivity contribution < 1.29 is 0 Å². The first-order chi connectivity index (χ1) is 8.40. The van der Waals surface area contributed by atoms with Crippen LogP contribution in [0.5, 0.6) is 0 Å². The second kappa shape index (κ2) is 5.88. The van der Waals surface area contributed by atoms with E-state index >= 15 is 0 Å². The summed E-state index contributed by atoms with van der Waals surface area (Å²) in [6.07, 6.45) is 5.06. The lowest BCUT2D eigenvalue weighted by atomic mass is 10.2. The molecule has 0 aliphatic rings. The second-order valence-electron chi connectivity index (χ2n) is 3.29. The summed E-state index contributed by atoms with van der Waals surface area (Å²) in [6, 6.07) is 15.8. The number of rotatable bonds is 3. The molecule has 0 atom stereocenters. The van der Waals surface area contributed by atoms with Gasteiger partial charge in [0.2, 0.25) is 0 Å². The molecule has 1 aromatic heterocycles. The number of hydrogen-bond acceptors (Lipinski definition) is 3. The van der Waals surface area contributed by atoms with Gasteiger partial charge in [0.25, 0.3) is 0 Å². The van der Waals surface area contributed by atoms with Crippen LogP contribution in [0.2, 0.25) is 0 Å². The number of aromatic nitrogens is 1. The van der Waals surface area contributed by atoms with Crippen LogP contribution in [0, 0.1) is 11.3 Å². The third-order valence-corrected chi connectivity index (χ3v) is 3.21. The average Bonchev–Trinajstić information content (AvgIpc) is 2.40. The van der Waals surface area contributed by atoms with Crippen molar-refractivity contribution in [3.63, 3.8) is 0 Å². The van der Waals surface area contributed by atoms with Crippen LogP contribution >= 0.6 is 11.8 Å². The number of nitriles is 1. The molecular formula is C14H10N2S. The molecule has 82 valence electrons. The lowest BCUT2D eigenvalue weighted by Crippen LogP contribution is -1.80. The SMILES string of the molecule is N#C/C=C(\Sc1ccncc1)c1ccccc1. The quantitative estimate of drug-likeness (QED) is 0.603. The Kier molecular flexibility index (Phi) is 3.95. The van der Waals surface area contributed by atoms with Crippen molar-refractivity contribution in [2.75, 3.05) is 0 Å². The lowest BCUT2D eigenvalue weighted by Gasteiger charge is -2.05. The zero-order valence-electron chi connectivity index (χ0n) is 9.08. The molecule has 2 nitrogen and oxygen atoms in total. The van der Waals surface area contributed by atoms with Crippen LogP contribution in [0.4, 0.5) is 0 Å². The van der Waals surface area contributed by atoms with Crippen LogP contribution in [-0.2, 0) is 0 Å². The van der Waals surface area contributed by atoms with Gasteiger partial charge in [0.1, 0.15) is 0 Å². The highest BCUT2D eigenvalue weighted by Gasteiger charge is 2.03. The van der Waals surface area contributed by atoms with Gasteiger partial charge in [0, 0.05) is 28.3 Å². The molecule has 0 aliphatic carbocycles. The van der Waals surface area contributed by atoms with Gasteiger partial charge in [0.15, 0.2) is 0 Å². The van der Waals surface area contributed by atoms with E-state index in [1.54, 1.807) is 30.2 Å². The summed E-state index contributed by atoms with van der Waals surface area (Å²) in [6.45, 7) is 0. The Balaban J connectivity index is 2.27. The molecule has 2 aromatic rings. The third kappa shape index (κ3) is 3.20. The highest BCUT2D eigenvalue weighted by molar-refractivity contribution is 8.08. The molecule has 0 aliphatic heterocycles. The summed E-state index contributed by atoms with van der Waals surface area (Å²) in [5, 5.41) is 8.82. The largest absolute Gasteiger partial charge is 0.265 e. The maximum atomic E-state index is 8.82. The van der Waals surface area contributed by atoms with E-state index < -0.39 is 0 Å². The molecule has 1 heterocycles. The number of pyridine rings is 1. The second-order valence-corrected chi connectivity index (χ2v) is 4.40. The van der Waals surface area contributed by atoms with E-state index in [1.165, 1.54) is 0 Å². The smallest absolute Gasteiger partial charge is 0.0924 e. The van der Waals surface area contributed by atoms with Crippen molar-refractivity contribution in [2.45, 2.75) is 4.90 Å². The standard InChI is InChI=1S/C14H10N2S/c15-9-6-14(12-4-2-1-3-5-12)17-13-7-10-16-11-8-13/h1-8,10-11H/b14-6-. The van der Waals surface area contributed by atoms with E-state index in [1.807, 2.05) is 42.5 Å². The van der Waals surface area contributed by atoms with Crippen molar-refractivity contribution in [1.29, 1.82) is 5.26 Å². The van der Waals surface area contributed by atoms with Gasteiger partial charge < -0.3 is 0 Å². The van der Waals surface area contributed by atoms with Gasteiger partial charge in [-0.2, -0.15) is 5.26 Å². The zero-order valence-corrected chi connectivity index (χ0v) is 9.89. The Hall–Kier alpha value is -2.05. The molecule has 3 heteroatoms. The molecule has 2 rings (SSSR count). The topological polar surface area (TPSA) is 36.7 Å². The van der Waals surface area contributed by atoms with Gasteiger partial charge >= 0.3 is 0 Å². The Labute approximate surface area is 105 Å². The molecule has 0 radical (unpaired) electrons. The van der Waals surface area contributed by atoms with E-state index in [9.17, 15) is 0 Å². The summed E-state index contributed by atoms with van der Waals surface area (Å²) >= 11 is 1.56. The normalized spacial score (nSPS) is 10.9. The highest BCUT2D eigenvalue weighted by atomic mass is 32.2. The van der Waals surface area contributed by atoms with Crippen LogP contribution < -0.4 is 0 Å². The van der Waals surface area contributed by atoms with E-state index in [0.29, 0.717) is 0 Å². The monoisotopic (exact) mass is 238 g/mol. The van der Waals surface area contributed by atoms with Gasteiger partial charge in [-0.3, -0.25) is 4.98 Å². The molecule has 17 heavy (non-hydrogen) atoms. The van der Waals surface area contributed by atoms with Gasteiger partial charge in [-0.25, -0.2) is 0 Å². The van der Waals surface area contributed by atoms with Gasteiger partial charge in [-0.15, -0.1) is 0 Å². The molecule has 0 spiro atoms. The van der Waals surface area contributed by atoms with Crippen LogP contribution in [-0.4, -0.2) is 4.98 Å². The zero-order chi connectivity index (χ0) is 11.9. The minimum atomic E-state index is 0.944. The molecule has 0 saturated heterocycles. The first kappa shape index (κ1) is 11.4. The van der Waals surface area contributed by atoms with Crippen molar-refractivity contribution >= 4 is 16.7 Å². The maximum Gasteiger partial charge on any atom is 0.0924 e. The Morgan fingerprint density at radius 3 is 2.47 bits per heavy atom. The highest BCUT2D eigenvalue weighted by Crippen LogP contribution is 2.33. The molecule has 0 saturated carbocycles. The van der Waals surface area contributed by atoms with Crippen LogP contribution in [0.15, 0.2) is 65.8 Å². The predicted molar refractivity (Wildman–Crippen MR) is 70.1 cm³/mol. The molecular weight excluding hydrogens is 228 g/mol. The van der Waals surface area contributed by atoms with Crippen LogP contribution in [0.1, 0.15) is 5.56 Å². The van der Waals surface area contributed by atoms with Crippen molar-refractivity contribution in [3.05, 3.63) is 66.5 Å². The molecule has 0 N–H and O–H groups in total. The molecule has 0 fully saturated rings. The number of allylic oxidation sites excluding steroid dienone is 1. The minimum absolute atomic E-state index is 0.944. The lowest BCUT2D eigenvalue weighted by molar-refractivity contribution is 1.27. The van der Waals surface area contributed by atoms with Crippen molar-refractivity contribution in [2.24, 2.45) is 0 Å². The maximum absolute atomic E-state index is 8.82. The molecule has 1 aromatic carbocycles. The summed E-state index contributed by atoms with van der Waals surface area (Å²) in [4.78, 5) is 5.99. The molecule has 0 bridgehead atoms. The fourth-order valence-corrected chi connectivity index (χ4v) is 2.24. The summed E-state index contributed by atoms with van der Waals surface area (Å²) in [7, 11) is 0. The van der Waals surface area contributed by atoms with E-state index in [-0.39, 0.29) is 0 Å². The third-order valence-electron chi connectivity index (χ3n) is 2.13. The van der Waals surface area contributed by atoms with Crippen molar-refractivity contribution in [1.82, 2.24) is 4.98 Å². The average molecular weight is 238 g/mol. The van der Waals surface area contributed by atoms with Crippen LogP contribution in [0.3, 0.4) is 0 Å². The Morgan fingerprint density at radius 1 is 1.12 bits per heavy atom. The minimum Gasteiger partial charge on any atom is -0.265 e. The summed E-state index contributed by atoms with van der Waals surface area (Å²) in [5.74, 6) is 0. The number of nitrogens with zero attached hydrogens (tertiary/aromatic N) is 2. The first-order valence-corrected chi connectivity index (χ1v) is 5.95. The number of hydrogen-bond donors (Lipinski definition) is 0. The summed E-state index contributed by atoms with van der Waals surface area (Å²) in [5.41, 5.74) is 1.05. The fraction of sp³-hybridized carbons (Fsp3) is 0. The van der Waals surface area contributed by atoms with Gasteiger partial charge in [0.05, 0.1) is 6.07 Å². The van der Waals surface area contributed by atoms with Gasteiger partial charge in [-0.1, -0.05) is 42.1 Å². The molecule has 0 amide bonds. The van der Waals surface area contributed by atoms with E-state index in [0.717, 1.165) is 15.4 Å².